The third-order valence-electron chi connectivity index (χ3n) is 3.42. The maximum Gasteiger partial charge on any atom is 0.0664 e. The van der Waals surface area contributed by atoms with E-state index in [9.17, 15) is 5.11 Å². The second-order valence-corrected chi connectivity index (χ2v) is 4.64. The summed E-state index contributed by atoms with van der Waals surface area (Å²) in [6.07, 6.45) is 3.42. The van der Waals surface area contributed by atoms with E-state index in [4.69, 9.17) is 5.73 Å². The topological polar surface area (TPSA) is 49.5 Å². The molecule has 0 bridgehead atoms. The molecule has 4 unspecified atom stereocenters. The minimum Gasteiger partial charge on any atom is -0.392 e. The van der Waals surface area contributed by atoms with Crippen molar-refractivity contribution in [1.29, 1.82) is 0 Å². The van der Waals surface area contributed by atoms with Gasteiger partial charge in [-0.05, 0) is 40.2 Å². The van der Waals surface area contributed by atoms with E-state index in [0.29, 0.717) is 6.04 Å². The number of hydrogen-bond donors (Lipinski definition) is 2. The van der Waals surface area contributed by atoms with Gasteiger partial charge in [-0.15, -0.1) is 0 Å². The molecular weight excluding hydrogens is 176 g/mol. The number of hydrogen-bond acceptors (Lipinski definition) is 3. The first kappa shape index (κ1) is 12.0. The Morgan fingerprint density at radius 3 is 2.43 bits per heavy atom. The monoisotopic (exact) mass is 200 g/mol. The molecule has 0 aromatic carbocycles. The van der Waals surface area contributed by atoms with Gasteiger partial charge in [-0.1, -0.05) is 6.42 Å². The van der Waals surface area contributed by atoms with Crippen molar-refractivity contribution in [1.82, 2.24) is 4.90 Å². The molecule has 0 saturated carbocycles. The van der Waals surface area contributed by atoms with Crippen LogP contribution in [0.5, 0.6) is 0 Å². The van der Waals surface area contributed by atoms with Gasteiger partial charge in [0, 0.05) is 18.1 Å². The second kappa shape index (κ2) is 5.10. The Bertz CT molecular complexity index is 171. The number of nitrogens with two attached hydrogens (primary N) is 1. The van der Waals surface area contributed by atoms with Gasteiger partial charge in [0.25, 0.3) is 0 Å². The van der Waals surface area contributed by atoms with Crippen LogP contribution in [0.2, 0.25) is 0 Å². The molecule has 84 valence electrons. The Morgan fingerprint density at radius 2 is 1.93 bits per heavy atom. The van der Waals surface area contributed by atoms with E-state index in [2.05, 4.69) is 18.7 Å². The van der Waals surface area contributed by atoms with Gasteiger partial charge in [0.05, 0.1) is 6.10 Å². The molecule has 3 N–H and O–H groups in total. The molecule has 1 fully saturated rings. The lowest BCUT2D eigenvalue weighted by molar-refractivity contribution is 0.0184. The minimum absolute atomic E-state index is 0.205. The van der Waals surface area contributed by atoms with Gasteiger partial charge in [0.2, 0.25) is 0 Å². The van der Waals surface area contributed by atoms with Crippen molar-refractivity contribution in [3.05, 3.63) is 0 Å². The van der Waals surface area contributed by atoms with Crippen LogP contribution in [0.25, 0.3) is 0 Å². The van der Waals surface area contributed by atoms with E-state index in [1.165, 1.54) is 19.3 Å². The van der Waals surface area contributed by atoms with Crippen LogP contribution < -0.4 is 5.73 Å². The Kier molecular flexibility index (Phi) is 4.35. The molecule has 1 heterocycles. The fourth-order valence-electron chi connectivity index (χ4n) is 2.33. The summed E-state index contributed by atoms with van der Waals surface area (Å²) < 4.78 is 0. The first-order chi connectivity index (χ1) is 6.54. The number of aliphatic hydroxyl groups is 1. The van der Waals surface area contributed by atoms with Crippen molar-refractivity contribution in [2.45, 2.75) is 64.3 Å². The molecule has 1 saturated heterocycles. The Morgan fingerprint density at radius 1 is 1.29 bits per heavy atom. The zero-order chi connectivity index (χ0) is 10.7. The molecule has 3 nitrogen and oxygen atoms in total. The highest BCUT2D eigenvalue weighted by atomic mass is 16.3. The van der Waals surface area contributed by atoms with E-state index >= 15 is 0 Å². The van der Waals surface area contributed by atoms with E-state index in [0.717, 1.165) is 6.54 Å². The molecule has 3 heteroatoms. The molecule has 0 radical (unpaired) electrons. The Hall–Kier alpha value is -0.120. The summed E-state index contributed by atoms with van der Waals surface area (Å²) in [5.41, 5.74) is 5.97. The molecule has 0 aromatic heterocycles. The fraction of sp³-hybridized carbons (Fsp3) is 1.00. The van der Waals surface area contributed by atoms with Crippen LogP contribution in [0.15, 0.2) is 0 Å². The third kappa shape index (κ3) is 2.69. The molecular formula is C11H24N2O. The normalized spacial score (nSPS) is 31.1. The zero-order valence-electron chi connectivity index (χ0n) is 9.61. The molecule has 4 atom stereocenters. The standard InChI is InChI=1S/C11H24N2O/c1-8(12)11-6-4-5-7-13(11)9(2)10(3)14/h8-11,14H,4-7,12H2,1-3H3. The number of nitrogens with zero attached hydrogens (tertiary/aromatic N) is 1. The van der Waals surface area contributed by atoms with Crippen molar-refractivity contribution in [2.75, 3.05) is 6.54 Å². The van der Waals surface area contributed by atoms with Crippen LogP contribution >= 0.6 is 0 Å². The van der Waals surface area contributed by atoms with E-state index in [1.54, 1.807) is 0 Å². The first-order valence-electron chi connectivity index (χ1n) is 5.73. The summed E-state index contributed by atoms with van der Waals surface area (Å²) in [6, 6.07) is 0.885. The van der Waals surface area contributed by atoms with Crippen LogP contribution in [0, 0.1) is 0 Å². The zero-order valence-corrected chi connectivity index (χ0v) is 9.61. The number of aliphatic hydroxyl groups excluding tert-OH is 1. The Balaban J connectivity index is 2.62. The highest BCUT2D eigenvalue weighted by Gasteiger charge is 2.30. The van der Waals surface area contributed by atoms with Crippen LogP contribution in [-0.4, -0.2) is 40.8 Å². The lowest BCUT2D eigenvalue weighted by Crippen LogP contribution is -2.55. The van der Waals surface area contributed by atoms with Crippen LogP contribution in [-0.2, 0) is 0 Å². The number of likely N-dealkylation sites (tertiary alicyclic amines) is 1. The lowest BCUT2D eigenvalue weighted by Gasteiger charge is -2.42. The molecule has 0 spiro atoms. The fourth-order valence-corrected chi connectivity index (χ4v) is 2.33. The SMILES string of the molecule is CC(N)C1CCCCN1C(C)C(C)O. The van der Waals surface area contributed by atoms with E-state index in [1.807, 2.05) is 6.92 Å². The Labute approximate surface area is 87.3 Å². The molecule has 1 aliphatic heterocycles. The minimum atomic E-state index is -0.269. The summed E-state index contributed by atoms with van der Waals surface area (Å²) >= 11 is 0. The maximum absolute atomic E-state index is 9.59. The molecule has 0 aliphatic carbocycles. The molecule has 0 amide bonds. The van der Waals surface area contributed by atoms with Crippen molar-refractivity contribution in [2.24, 2.45) is 5.73 Å². The van der Waals surface area contributed by atoms with Crippen LogP contribution in [0.4, 0.5) is 0 Å². The van der Waals surface area contributed by atoms with Crippen molar-refractivity contribution >= 4 is 0 Å². The molecule has 1 aliphatic rings. The second-order valence-electron chi connectivity index (χ2n) is 4.64. The largest absolute Gasteiger partial charge is 0.392 e. The maximum atomic E-state index is 9.59. The van der Waals surface area contributed by atoms with Crippen LogP contribution in [0.3, 0.4) is 0 Å². The number of piperidine rings is 1. The van der Waals surface area contributed by atoms with Gasteiger partial charge >= 0.3 is 0 Å². The summed E-state index contributed by atoms with van der Waals surface area (Å²) in [6.45, 7) is 7.10. The smallest absolute Gasteiger partial charge is 0.0664 e. The van der Waals surface area contributed by atoms with Gasteiger partial charge in [0.15, 0.2) is 0 Å². The van der Waals surface area contributed by atoms with Crippen molar-refractivity contribution < 1.29 is 5.11 Å². The highest BCUT2D eigenvalue weighted by molar-refractivity contribution is 4.87. The third-order valence-corrected chi connectivity index (χ3v) is 3.42. The van der Waals surface area contributed by atoms with Gasteiger partial charge < -0.3 is 10.8 Å². The number of rotatable bonds is 3. The lowest BCUT2D eigenvalue weighted by atomic mass is 9.94. The molecule has 1 rings (SSSR count). The quantitative estimate of drug-likeness (QED) is 0.713. The average Bonchev–Trinajstić information content (AvgIpc) is 2.16. The highest BCUT2D eigenvalue weighted by Crippen LogP contribution is 2.22. The van der Waals surface area contributed by atoms with Crippen molar-refractivity contribution in [3.63, 3.8) is 0 Å². The van der Waals surface area contributed by atoms with Gasteiger partial charge in [0.1, 0.15) is 0 Å². The predicted octanol–water partition coefficient (Wildman–Crippen LogP) is 0.957. The molecule has 0 aromatic rings. The summed E-state index contributed by atoms with van der Waals surface area (Å²) in [5.74, 6) is 0. The summed E-state index contributed by atoms with van der Waals surface area (Å²) in [5, 5.41) is 9.59. The van der Waals surface area contributed by atoms with Crippen LogP contribution in [0.1, 0.15) is 40.0 Å². The molecule has 14 heavy (non-hydrogen) atoms. The van der Waals surface area contributed by atoms with E-state index in [-0.39, 0.29) is 18.2 Å². The first-order valence-corrected chi connectivity index (χ1v) is 5.73. The predicted molar refractivity (Wildman–Crippen MR) is 59.1 cm³/mol. The van der Waals surface area contributed by atoms with Gasteiger partial charge in [-0.25, -0.2) is 0 Å². The summed E-state index contributed by atoms with van der Waals surface area (Å²) in [4.78, 5) is 2.37. The van der Waals surface area contributed by atoms with E-state index < -0.39 is 0 Å². The van der Waals surface area contributed by atoms with Gasteiger partial charge in [-0.3, -0.25) is 4.90 Å². The van der Waals surface area contributed by atoms with Crippen molar-refractivity contribution in [3.8, 4) is 0 Å². The summed E-state index contributed by atoms with van der Waals surface area (Å²) in [7, 11) is 0. The average molecular weight is 200 g/mol. The van der Waals surface area contributed by atoms with Gasteiger partial charge in [-0.2, -0.15) is 0 Å².